The minimum atomic E-state index is -1.06. The summed E-state index contributed by atoms with van der Waals surface area (Å²) in [4.78, 5) is 35.0. The first-order chi connectivity index (χ1) is 21.3. The summed E-state index contributed by atoms with van der Waals surface area (Å²) in [6.07, 6.45) is 7.32. The van der Waals surface area contributed by atoms with E-state index in [1.165, 1.54) is 17.0 Å². The van der Waals surface area contributed by atoms with Crippen molar-refractivity contribution in [2.45, 2.75) is 50.9 Å². The van der Waals surface area contributed by atoms with Crippen molar-refractivity contribution in [2.24, 2.45) is 0 Å². The highest BCUT2D eigenvalue weighted by Gasteiger charge is 2.43. The fourth-order valence-corrected chi connectivity index (χ4v) is 6.45. The molecule has 44 heavy (non-hydrogen) atoms. The van der Waals surface area contributed by atoms with Crippen LogP contribution in [0.15, 0.2) is 43.2 Å². The number of aromatic nitrogens is 3. The van der Waals surface area contributed by atoms with E-state index in [0.29, 0.717) is 58.7 Å². The number of nitrogens with zero attached hydrogens (tertiary/aromatic N) is 8. The van der Waals surface area contributed by atoms with Crippen LogP contribution in [0.4, 0.5) is 15.9 Å². The van der Waals surface area contributed by atoms with Gasteiger partial charge in [-0.15, -0.1) is 0 Å². The second-order valence-electron chi connectivity index (χ2n) is 12.2. The monoisotopic (exact) mass is 598 g/mol. The molecule has 2 fully saturated rings. The van der Waals surface area contributed by atoms with Crippen LogP contribution in [0.1, 0.15) is 36.1 Å². The molecule has 0 unspecified atom stereocenters. The summed E-state index contributed by atoms with van der Waals surface area (Å²) in [7, 11) is 1.90. The number of nitriles is 1. The number of piperazine rings is 1. The van der Waals surface area contributed by atoms with Crippen molar-refractivity contribution in [1.82, 2.24) is 24.8 Å². The lowest BCUT2D eigenvalue weighted by molar-refractivity contribution is -0.128. The van der Waals surface area contributed by atoms with E-state index < -0.39 is 5.67 Å². The second-order valence-corrected chi connectivity index (χ2v) is 12.2. The van der Waals surface area contributed by atoms with Gasteiger partial charge in [0.05, 0.1) is 42.7 Å². The number of fused-ring (bicyclic) bond motifs is 2. The number of carbonyl (C=O) groups excluding carboxylic acids is 1. The van der Waals surface area contributed by atoms with E-state index >= 15 is 0 Å². The Morgan fingerprint density at radius 3 is 2.86 bits per heavy atom. The number of likely N-dealkylation sites (N-methyl/N-ethyl adjacent to an activating group) is 1. The molecule has 4 heterocycles. The Hall–Kier alpha value is -4.30. The van der Waals surface area contributed by atoms with Crippen LogP contribution in [0.25, 0.3) is 10.8 Å². The number of pyridine rings is 1. The van der Waals surface area contributed by atoms with Crippen molar-refractivity contribution in [3.05, 3.63) is 60.1 Å². The Morgan fingerprint density at radius 1 is 1.25 bits per heavy atom. The molecule has 1 saturated heterocycles. The average molecular weight is 599 g/mol. The maximum atomic E-state index is 14.3. The van der Waals surface area contributed by atoms with Gasteiger partial charge < -0.3 is 19.4 Å². The number of hydrogen-bond acceptors (Lipinski definition) is 9. The topological polar surface area (TPSA) is 102 Å². The van der Waals surface area contributed by atoms with Crippen molar-refractivity contribution in [1.29, 1.82) is 5.26 Å². The van der Waals surface area contributed by atoms with E-state index in [0.717, 1.165) is 41.1 Å². The third-order valence-corrected chi connectivity index (χ3v) is 8.95. The lowest BCUT2D eigenvalue weighted by atomic mass is 10.0. The molecule has 0 bridgehead atoms. The number of aryl methyl sites for hydroxylation is 1. The Kier molecular flexibility index (Phi) is 8.36. The zero-order valence-corrected chi connectivity index (χ0v) is 25.5. The summed E-state index contributed by atoms with van der Waals surface area (Å²) in [5, 5.41) is 11.8. The molecule has 1 atom stereocenters. The van der Waals surface area contributed by atoms with E-state index in [-0.39, 0.29) is 24.4 Å². The van der Waals surface area contributed by atoms with Crippen LogP contribution in [0.5, 0.6) is 6.01 Å². The van der Waals surface area contributed by atoms with Crippen LogP contribution >= 0.6 is 0 Å². The van der Waals surface area contributed by atoms with Crippen molar-refractivity contribution < 1.29 is 13.9 Å². The summed E-state index contributed by atoms with van der Waals surface area (Å²) in [6.45, 7) is 9.90. The van der Waals surface area contributed by atoms with Crippen LogP contribution < -0.4 is 14.5 Å². The van der Waals surface area contributed by atoms with Crippen LogP contribution in [-0.4, -0.2) is 95.3 Å². The van der Waals surface area contributed by atoms with E-state index in [4.69, 9.17) is 14.7 Å². The van der Waals surface area contributed by atoms with E-state index in [1.54, 1.807) is 4.90 Å². The number of anilines is 2. The number of benzene rings is 1. The number of amides is 1. The van der Waals surface area contributed by atoms with E-state index in [2.05, 4.69) is 52.6 Å². The molecule has 230 valence electrons. The molecule has 0 spiro atoms. The molecule has 3 aromatic rings. The van der Waals surface area contributed by atoms with E-state index in [9.17, 15) is 14.4 Å². The zero-order chi connectivity index (χ0) is 30.8. The average Bonchev–Trinajstić information content (AvgIpc) is 3.75. The summed E-state index contributed by atoms with van der Waals surface area (Å²) in [6, 6.07) is 8.50. The summed E-state index contributed by atoms with van der Waals surface area (Å²) >= 11 is 0. The Balaban J connectivity index is 1.29. The highest BCUT2D eigenvalue weighted by Crippen LogP contribution is 2.40. The normalized spacial score (nSPS) is 19.1. The van der Waals surface area contributed by atoms with Crippen molar-refractivity contribution >= 4 is 28.2 Å². The number of hydrogen-bond donors (Lipinski definition) is 0. The SMILES string of the molecule is C=CC(=O)N1CCN(c2nc(OCCN(C)CC3(F)CC3)nc3c2CCN(c2cncc4cccc(C)c24)C3)C[C@@H]1CC#N. The Morgan fingerprint density at radius 2 is 2.09 bits per heavy atom. The number of ether oxygens (including phenoxy) is 1. The Labute approximate surface area is 257 Å². The third-order valence-electron chi connectivity index (χ3n) is 8.95. The lowest BCUT2D eigenvalue weighted by Gasteiger charge is -2.42. The van der Waals surface area contributed by atoms with Gasteiger partial charge in [-0.25, -0.2) is 4.39 Å². The minimum Gasteiger partial charge on any atom is -0.462 e. The van der Waals surface area contributed by atoms with Gasteiger partial charge in [0.2, 0.25) is 5.91 Å². The highest BCUT2D eigenvalue weighted by molar-refractivity contribution is 5.96. The first-order valence-electron chi connectivity index (χ1n) is 15.3. The molecule has 2 aliphatic heterocycles. The molecule has 6 rings (SSSR count). The summed E-state index contributed by atoms with van der Waals surface area (Å²) < 4.78 is 20.4. The molecule has 1 amide bonds. The first kappa shape index (κ1) is 29.8. The predicted octanol–water partition coefficient (Wildman–Crippen LogP) is 3.83. The fourth-order valence-electron chi connectivity index (χ4n) is 6.45. The minimum absolute atomic E-state index is 0.168. The fraction of sp³-hybridized carbons (Fsp3) is 0.485. The smallest absolute Gasteiger partial charge is 0.318 e. The first-order valence-corrected chi connectivity index (χ1v) is 15.3. The predicted molar refractivity (Wildman–Crippen MR) is 167 cm³/mol. The number of carbonyl (C=O) groups is 1. The van der Waals surface area contributed by atoms with Crippen LogP contribution in [0.3, 0.4) is 0 Å². The van der Waals surface area contributed by atoms with Gasteiger partial charge in [0.25, 0.3) is 0 Å². The molecule has 1 saturated carbocycles. The summed E-state index contributed by atoms with van der Waals surface area (Å²) in [5.74, 6) is 0.623. The van der Waals surface area contributed by atoms with E-state index in [1.807, 2.05) is 24.3 Å². The molecule has 3 aliphatic rings. The Bertz CT molecular complexity index is 1600. The van der Waals surface area contributed by atoms with Crippen molar-refractivity contribution in [3.8, 4) is 12.1 Å². The van der Waals surface area contributed by atoms with Crippen molar-refractivity contribution in [2.75, 3.05) is 62.7 Å². The largest absolute Gasteiger partial charge is 0.462 e. The van der Waals surface area contributed by atoms with Crippen LogP contribution in [0, 0.1) is 18.3 Å². The molecule has 0 radical (unpaired) electrons. The quantitative estimate of drug-likeness (QED) is 0.322. The maximum Gasteiger partial charge on any atom is 0.318 e. The van der Waals surface area contributed by atoms with Gasteiger partial charge in [-0.05, 0) is 44.9 Å². The molecule has 2 aromatic heterocycles. The molecule has 0 N–H and O–H groups in total. The van der Waals surface area contributed by atoms with Gasteiger partial charge in [0.15, 0.2) is 0 Å². The standard InChI is InChI=1S/C33H39FN8O2/c1-4-29(43)42-15-14-41(20-25(42)8-12-35)31-26-9-13-40(28-19-36-18-24-7-5-6-23(2)30(24)28)21-27(26)37-32(38-31)44-17-16-39(3)22-33(34)10-11-33/h4-7,18-19,25H,1,8-11,13-17,20-22H2,2-3H3/t25-/m0/s1. The maximum absolute atomic E-state index is 14.3. The third kappa shape index (κ3) is 6.17. The van der Waals surface area contributed by atoms with Crippen LogP contribution in [-0.2, 0) is 17.8 Å². The van der Waals surface area contributed by atoms with Gasteiger partial charge in [-0.2, -0.15) is 15.2 Å². The molecule has 10 nitrogen and oxygen atoms in total. The zero-order valence-electron chi connectivity index (χ0n) is 25.5. The van der Waals surface area contributed by atoms with Crippen LogP contribution in [0.2, 0.25) is 0 Å². The van der Waals surface area contributed by atoms with Gasteiger partial charge in [-0.1, -0.05) is 24.8 Å². The van der Waals surface area contributed by atoms with Gasteiger partial charge in [-0.3, -0.25) is 14.7 Å². The lowest BCUT2D eigenvalue weighted by Crippen LogP contribution is -2.55. The highest BCUT2D eigenvalue weighted by atomic mass is 19.1. The van der Waals surface area contributed by atoms with Gasteiger partial charge in [0, 0.05) is 61.8 Å². The molecule has 11 heteroatoms. The summed E-state index contributed by atoms with van der Waals surface area (Å²) in [5.41, 5.74) is 3.15. The number of rotatable bonds is 10. The number of halogens is 1. The number of alkyl halides is 1. The van der Waals surface area contributed by atoms with Crippen molar-refractivity contribution in [3.63, 3.8) is 0 Å². The second kappa shape index (κ2) is 12.4. The van der Waals surface area contributed by atoms with Gasteiger partial charge in [0.1, 0.15) is 18.1 Å². The molecule has 1 aromatic carbocycles. The molecular formula is C33H39FN8O2. The molecule has 1 aliphatic carbocycles. The van der Waals surface area contributed by atoms with Gasteiger partial charge >= 0.3 is 6.01 Å². The molecular weight excluding hydrogens is 559 g/mol.